The van der Waals surface area contributed by atoms with E-state index in [4.69, 9.17) is 60.8 Å². The van der Waals surface area contributed by atoms with Crippen molar-refractivity contribution in [1.29, 1.82) is 0 Å². The van der Waals surface area contributed by atoms with Gasteiger partial charge in [-0.15, -0.1) is 140 Å². The van der Waals surface area contributed by atoms with Gasteiger partial charge in [-0.1, -0.05) is 215 Å². The van der Waals surface area contributed by atoms with Crippen LogP contribution in [0.1, 0.15) is 279 Å². The van der Waals surface area contributed by atoms with Gasteiger partial charge in [0.1, 0.15) is 0 Å². The third-order valence-corrected chi connectivity index (χ3v) is 20.7. The van der Waals surface area contributed by atoms with Gasteiger partial charge in [0.05, 0.1) is 47.5 Å². The van der Waals surface area contributed by atoms with Crippen LogP contribution in [0.3, 0.4) is 0 Å². The quantitative estimate of drug-likeness (QED) is 0.0264. The maximum Gasteiger partial charge on any atom is 0.0877 e. The number of pyridine rings is 4. The Bertz CT molecular complexity index is 5410. The number of hydrogen-bond acceptors (Lipinski definition) is 12. The number of benzene rings is 8. The number of aryl methyl sites for hydroxylation is 8. The van der Waals surface area contributed by atoms with E-state index in [0.717, 1.165) is 93.0 Å². The summed E-state index contributed by atoms with van der Waals surface area (Å²) in [4.78, 5) is 18.9. The Balaban J connectivity index is 0.000000793. The maximum atomic E-state index is 8.49. The molecule has 724 valence electrons. The average Bonchev–Trinajstić information content (AvgIpc) is 0.887. The molecule has 0 saturated carbocycles. The molecule has 0 aliphatic heterocycles. The molecular weight excluding hydrogens is 2350 g/mol. The van der Waals surface area contributed by atoms with Gasteiger partial charge in [-0.05, 0) is 287 Å². The normalized spacial score (nSPS) is 12.4. The van der Waals surface area contributed by atoms with Crippen molar-refractivity contribution in [2.24, 2.45) is 23.7 Å². The summed E-state index contributed by atoms with van der Waals surface area (Å²) in [6, 6.07) is 58.6. The third-order valence-electron chi connectivity index (χ3n) is 20.7. The Morgan fingerprint density at radius 2 is 0.561 bits per heavy atom. The van der Waals surface area contributed by atoms with E-state index in [1.165, 1.54) is 162 Å². The van der Waals surface area contributed by atoms with E-state index in [1.807, 2.05) is 24.8 Å². The Labute approximate surface area is 847 Å². The number of allylic oxidation sites excluding steroid dienone is 4. The van der Waals surface area contributed by atoms with Gasteiger partial charge in [-0.3, -0.25) is 0 Å². The van der Waals surface area contributed by atoms with Crippen molar-refractivity contribution >= 4 is 43.1 Å². The first kappa shape index (κ1) is 122. The summed E-state index contributed by atoms with van der Waals surface area (Å²) in [6.45, 7) is 65.9. The first-order chi connectivity index (χ1) is 59.9. The molecule has 4 heterocycles. The zero-order chi connectivity index (χ0) is 96.0. The Morgan fingerprint density at radius 3 is 0.864 bits per heavy atom. The Hall–Kier alpha value is -8.00. The van der Waals surface area contributed by atoms with Crippen molar-refractivity contribution in [1.82, 2.24) is 19.9 Å². The summed E-state index contributed by atoms with van der Waals surface area (Å²) < 4.78 is 0. The van der Waals surface area contributed by atoms with Gasteiger partial charge in [0, 0.05) is 105 Å². The van der Waals surface area contributed by atoms with Crippen molar-refractivity contribution in [3.05, 3.63) is 307 Å². The number of rotatable bonds is 20. The van der Waals surface area contributed by atoms with Gasteiger partial charge in [0.15, 0.2) is 0 Å². The Morgan fingerprint density at radius 1 is 0.280 bits per heavy atom. The van der Waals surface area contributed by atoms with Crippen molar-refractivity contribution in [2.45, 2.75) is 295 Å². The second-order valence-electron chi connectivity index (χ2n) is 37.9. The SMILES string of the molecule is CC(O)=CC(C)O.CC(O)=CC(C)O.CC(O)=CC(C)O.CC(O)=CC(C)O.Cc1[c-]c(-c2nccc3c(C(C)C)c(C(C)C)ccc23)cc(C)c1.Cc1[c-]c(-c2nccc3c(CC(C)C)c(CC(C)C)ccc23)cc(C)c1.Cc1[c-]c(-c2nccc3cc(C(C)C)c(C(C)C)cc23)cc(C)c1.Cc1[c-]c(-c2nccc3cc(CC(C)C)c(CC(C)C)cc23)cc(C)c1.[Ir].[Ir].[Ir].[Ir]. The fourth-order valence-corrected chi connectivity index (χ4v) is 16.3. The topological polar surface area (TPSA) is 213 Å². The van der Waals surface area contributed by atoms with Crippen LogP contribution in [-0.2, 0) is 106 Å². The number of hydrogen-bond donors (Lipinski definition) is 8. The van der Waals surface area contributed by atoms with Crippen LogP contribution >= 0.6 is 0 Å². The summed E-state index contributed by atoms with van der Waals surface area (Å²) in [5.41, 5.74) is 29.9. The molecule has 0 aliphatic rings. The van der Waals surface area contributed by atoms with Crippen LogP contribution in [-0.4, -0.2) is 85.2 Å². The fraction of sp³-hybridized carbons (Fsp3) is 0.414. The minimum Gasteiger partial charge on any atom is -0.513 e. The minimum atomic E-state index is -0.537. The van der Waals surface area contributed by atoms with Crippen LogP contribution in [0.25, 0.3) is 88.1 Å². The van der Waals surface area contributed by atoms with E-state index in [0.29, 0.717) is 47.3 Å². The number of aromatic nitrogens is 4. The van der Waals surface area contributed by atoms with Crippen LogP contribution in [0.5, 0.6) is 0 Å². The predicted molar refractivity (Wildman–Crippen MR) is 545 cm³/mol. The molecule has 8 N–H and O–H groups in total. The first-order valence-electron chi connectivity index (χ1n) is 45.8. The van der Waals surface area contributed by atoms with Crippen LogP contribution in [0, 0.1) is 103 Å². The second-order valence-corrected chi connectivity index (χ2v) is 37.9. The molecule has 4 radical (unpaired) electrons. The van der Waals surface area contributed by atoms with E-state index >= 15 is 0 Å². The monoisotopic (exact) mass is 2500 g/mol. The summed E-state index contributed by atoms with van der Waals surface area (Å²) in [5, 5.41) is 77.8. The standard InChI is InChI=1S/2C25H30N.2C23H26N.4C5H10O2.4Ir/c1-16(2)9-21-14-20-7-8-26-25(23-12-18(5)11-19(6)13-23)24(20)15-22(21)10-17(3)4;1-16(2)11-20-7-8-23-22(24(20)12-17(3)4)9-10-26-25(23)21-14-18(5)13-19(6)15-21;1-14(2)20-12-18-7-8-24-23(22(18)13-21(20)15(3)4)19-10-16(5)9-17(6)11-19;1-14(2)19-7-8-21-20(22(19)15(3)4)9-10-24-23(21)18-12-16(5)11-17(6)13-18;4*1-4(6)3-5(2)7;;;;/h7-8,11-12,14-17H,9-10H2,1-6H3;7-10,13-14,16-17H,11-12H2,1-6H3;7-10,12-15H,1-6H3;7-12,14-15H,1-6H3;4*3-4,6-7H,1-2H3;;;;/q4*-1;;;;;;;;. The molecule has 12 aromatic rings. The van der Waals surface area contributed by atoms with E-state index < -0.39 is 24.4 Å². The largest absolute Gasteiger partial charge is 0.513 e. The number of nitrogens with zero attached hydrogens (tertiary/aromatic N) is 4. The molecule has 0 aliphatic carbocycles. The van der Waals surface area contributed by atoms with Gasteiger partial charge in [-0.25, -0.2) is 0 Å². The fourth-order valence-electron chi connectivity index (χ4n) is 16.3. The summed E-state index contributed by atoms with van der Waals surface area (Å²) in [7, 11) is 0. The molecule has 0 bridgehead atoms. The Kier molecular flexibility index (Phi) is 54.6. The zero-order valence-corrected chi connectivity index (χ0v) is 94.2. The van der Waals surface area contributed by atoms with Crippen molar-refractivity contribution < 1.29 is 121 Å². The zero-order valence-electron chi connectivity index (χ0n) is 84.6. The van der Waals surface area contributed by atoms with Gasteiger partial charge in [0.25, 0.3) is 0 Å². The molecule has 4 unspecified atom stereocenters. The molecular formula is C116H152Ir4N4O8-4. The van der Waals surface area contributed by atoms with E-state index in [1.54, 1.807) is 27.7 Å². The van der Waals surface area contributed by atoms with Crippen molar-refractivity contribution in [3.8, 4) is 45.0 Å². The molecule has 4 aromatic heterocycles. The smallest absolute Gasteiger partial charge is 0.0877 e. The van der Waals surface area contributed by atoms with Crippen LogP contribution in [0.2, 0.25) is 0 Å². The second kappa shape index (κ2) is 59.1. The molecule has 8 aromatic carbocycles. The van der Waals surface area contributed by atoms with E-state index in [2.05, 4.69) is 312 Å². The molecule has 12 nitrogen and oxygen atoms in total. The molecule has 0 spiro atoms. The third kappa shape index (κ3) is 40.5. The number of aliphatic hydroxyl groups is 8. The van der Waals surface area contributed by atoms with Crippen LogP contribution < -0.4 is 0 Å². The molecule has 12 rings (SSSR count). The van der Waals surface area contributed by atoms with Crippen molar-refractivity contribution in [2.75, 3.05) is 0 Å². The average molecular weight is 2500 g/mol. The summed E-state index contributed by atoms with van der Waals surface area (Å²) in [6.07, 6.45) is 15.5. The van der Waals surface area contributed by atoms with Gasteiger partial charge >= 0.3 is 0 Å². The molecule has 16 heteroatoms. The predicted octanol–water partition coefficient (Wildman–Crippen LogP) is 29.9. The molecule has 0 fully saturated rings. The minimum absolute atomic E-state index is 0. The van der Waals surface area contributed by atoms with Crippen LogP contribution in [0.4, 0.5) is 0 Å². The summed E-state index contributed by atoms with van der Waals surface area (Å²) >= 11 is 0. The van der Waals surface area contributed by atoms with Gasteiger partial charge < -0.3 is 60.8 Å². The number of fused-ring (bicyclic) bond motifs is 4. The maximum absolute atomic E-state index is 8.49. The molecule has 4 atom stereocenters. The van der Waals surface area contributed by atoms with E-state index in [9.17, 15) is 0 Å². The molecule has 132 heavy (non-hydrogen) atoms. The van der Waals surface area contributed by atoms with Crippen molar-refractivity contribution in [3.63, 3.8) is 0 Å². The number of aliphatic hydroxyl groups excluding tert-OH is 8. The first-order valence-corrected chi connectivity index (χ1v) is 45.8. The van der Waals surface area contributed by atoms with Gasteiger partial charge in [-0.2, -0.15) is 0 Å². The molecule has 0 amide bonds. The van der Waals surface area contributed by atoms with E-state index in [-0.39, 0.29) is 103 Å². The van der Waals surface area contributed by atoms with Gasteiger partial charge in [0.2, 0.25) is 0 Å². The van der Waals surface area contributed by atoms with Crippen LogP contribution in [0.15, 0.2) is 193 Å². The molecule has 0 saturated heterocycles. The summed E-state index contributed by atoms with van der Waals surface area (Å²) in [5.74, 6) is 5.29.